The van der Waals surface area contributed by atoms with E-state index in [9.17, 15) is 0 Å². The van der Waals surface area contributed by atoms with E-state index >= 15 is 0 Å². The van der Waals surface area contributed by atoms with Crippen LogP contribution in [0.1, 0.15) is 12.7 Å². The summed E-state index contributed by atoms with van der Waals surface area (Å²) in [6.07, 6.45) is 0. The molecule has 1 aliphatic heterocycles. The van der Waals surface area contributed by atoms with Gasteiger partial charge in [0.15, 0.2) is 0 Å². The second-order valence-corrected chi connectivity index (χ2v) is 5.74. The van der Waals surface area contributed by atoms with Crippen LogP contribution in [0.2, 0.25) is 0 Å². The van der Waals surface area contributed by atoms with Gasteiger partial charge in [-0.2, -0.15) is 0 Å². The summed E-state index contributed by atoms with van der Waals surface area (Å²) >= 11 is 0. The highest BCUT2D eigenvalue weighted by molar-refractivity contribution is 5.89. The summed E-state index contributed by atoms with van der Waals surface area (Å²) < 4.78 is 2.35. The van der Waals surface area contributed by atoms with Gasteiger partial charge < -0.3 is 19.7 Å². The Morgan fingerprint density at radius 3 is 2.62 bits per heavy atom. The Labute approximate surface area is 126 Å². The Hall–Kier alpha value is -1.59. The molecule has 2 heterocycles. The molecule has 0 aliphatic carbocycles. The number of nitrogens with zero attached hydrogens (tertiary/aromatic N) is 4. The molecule has 1 aromatic heterocycles. The summed E-state index contributed by atoms with van der Waals surface area (Å²) in [5.41, 5.74) is 3.73. The number of piperazine rings is 1. The summed E-state index contributed by atoms with van der Waals surface area (Å²) in [6.45, 7) is 8.39. The average molecular weight is 287 g/mol. The summed E-state index contributed by atoms with van der Waals surface area (Å²) in [4.78, 5) is 9.70. The normalized spacial score (nSPS) is 16.8. The van der Waals surface area contributed by atoms with Crippen molar-refractivity contribution in [2.75, 3.05) is 45.2 Å². The lowest BCUT2D eigenvalue weighted by molar-refractivity contribution is 0.313. The van der Waals surface area contributed by atoms with Gasteiger partial charge in [0.1, 0.15) is 5.82 Å². The highest BCUT2D eigenvalue weighted by atomic mass is 15.3. The van der Waals surface area contributed by atoms with E-state index in [1.165, 1.54) is 11.2 Å². The third-order valence-corrected chi connectivity index (χ3v) is 4.32. The fourth-order valence-corrected chi connectivity index (χ4v) is 3.15. The van der Waals surface area contributed by atoms with Crippen LogP contribution in [0.5, 0.6) is 0 Å². The molecule has 0 bridgehead atoms. The third kappa shape index (κ3) is 2.63. The molecule has 2 aromatic rings. The Balaban J connectivity index is 2.05. The standard InChI is InChI=1S/C16H25N5/c1-4-21-15(12-17-2)18-13-6-5-7-14(16(13)21)20-10-8-19(3)9-11-20/h5-7,17H,4,8-12H2,1-3H3. The molecule has 1 aromatic carbocycles. The molecule has 5 heteroatoms. The van der Waals surface area contributed by atoms with Gasteiger partial charge in [0, 0.05) is 32.7 Å². The number of aromatic nitrogens is 2. The molecule has 0 unspecified atom stereocenters. The van der Waals surface area contributed by atoms with Gasteiger partial charge in [0.2, 0.25) is 0 Å². The van der Waals surface area contributed by atoms with Crippen molar-refractivity contribution in [1.82, 2.24) is 19.8 Å². The quantitative estimate of drug-likeness (QED) is 0.925. The van der Waals surface area contributed by atoms with Crippen LogP contribution in [-0.2, 0) is 13.1 Å². The van der Waals surface area contributed by atoms with Gasteiger partial charge in [-0.1, -0.05) is 6.07 Å². The van der Waals surface area contributed by atoms with Crippen molar-refractivity contribution in [2.45, 2.75) is 20.0 Å². The molecule has 0 amide bonds. The molecule has 0 atom stereocenters. The molecule has 1 saturated heterocycles. The lowest BCUT2D eigenvalue weighted by atomic mass is 10.2. The number of imidazole rings is 1. The molecule has 1 fully saturated rings. The van der Waals surface area contributed by atoms with E-state index in [0.717, 1.165) is 50.6 Å². The van der Waals surface area contributed by atoms with Crippen molar-refractivity contribution in [3.8, 4) is 0 Å². The van der Waals surface area contributed by atoms with E-state index in [-0.39, 0.29) is 0 Å². The Bertz CT molecular complexity index is 610. The van der Waals surface area contributed by atoms with Gasteiger partial charge in [-0.3, -0.25) is 0 Å². The van der Waals surface area contributed by atoms with Crippen LogP contribution in [0.15, 0.2) is 18.2 Å². The van der Waals surface area contributed by atoms with Crippen LogP contribution in [-0.4, -0.2) is 54.7 Å². The average Bonchev–Trinajstić information content (AvgIpc) is 2.85. The summed E-state index contributed by atoms with van der Waals surface area (Å²) in [6, 6.07) is 6.50. The molecule has 1 N–H and O–H groups in total. The Morgan fingerprint density at radius 2 is 1.95 bits per heavy atom. The number of aryl methyl sites for hydroxylation is 1. The number of fused-ring (bicyclic) bond motifs is 1. The molecule has 0 spiro atoms. The topological polar surface area (TPSA) is 36.3 Å². The maximum atomic E-state index is 4.81. The number of hydrogen-bond acceptors (Lipinski definition) is 4. The van der Waals surface area contributed by atoms with E-state index < -0.39 is 0 Å². The minimum atomic E-state index is 0.810. The molecule has 0 radical (unpaired) electrons. The van der Waals surface area contributed by atoms with Crippen LogP contribution in [0.3, 0.4) is 0 Å². The monoisotopic (exact) mass is 287 g/mol. The van der Waals surface area contributed by atoms with Crippen molar-refractivity contribution >= 4 is 16.7 Å². The van der Waals surface area contributed by atoms with Crippen LogP contribution in [0.25, 0.3) is 11.0 Å². The molecule has 21 heavy (non-hydrogen) atoms. The molecular weight excluding hydrogens is 262 g/mol. The molecule has 0 saturated carbocycles. The van der Waals surface area contributed by atoms with E-state index in [2.05, 4.69) is 51.9 Å². The van der Waals surface area contributed by atoms with Crippen LogP contribution in [0, 0.1) is 0 Å². The number of rotatable bonds is 4. The summed E-state index contributed by atoms with van der Waals surface area (Å²) in [7, 11) is 4.17. The van der Waals surface area contributed by atoms with Gasteiger partial charge >= 0.3 is 0 Å². The van der Waals surface area contributed by atoms with Gasteiger partial charge in [-0.15, -0.1) is 0 Å². The van der Waals surface area contributed by atoms with Crippen molar-refractivity contribution in [1.29, 1.82) is 0 Å². The lowest BCUT2D eigenvalue weighted by Crippen LogP contribution is -2.44. The Morgan fingerprint density at radius 1 is 1.19 bits per heavy atom. The number of hydrogen-bond donors (Lipinski definition) is 1. The predicted molar refractivity (Wildman–Crippen MR) is 87.9 cm³/mol. The predicted octanol–water partition coefficient (Wildman–Crippen LogP) is 1.53. The summed E-state index contributed by atoms with van der Waals surface area (Å²) in [5.74, 6) is 1.12. The van der Waals surface area contributed by atoms with Gasteiger partial charge in [-0.05, 0) is 33.2 Å². The Kier molecular flexibility index (Phi) is 4.12. The maximum Gasteiger partial charge on any atom is 0.123 e. The van der Waals surface area contributed by atoms with Gasteiger partial charge in [-0.25, -0.2) is 4.98 Å². The molecule has 5 nitrogen and oxygen atoms in total. The van der Waals surface area contributed by atoms with Crippen LogP contribution < -0.4 is 10.2 Å². The van der Waals surface area contributed by atoms with E-state index in [1.54, 1.807) is 0 Å². The number of likely N-dealkylation sites (N-methyl/N-ethyl adjacent to an activating group) is 1. The van der Waals surface area contributed by atoms with Gasteiger partial charge in [0.25, 0.3) is 0 Å². The van der Waals surface area contributed by atoms with Gasteiger partial charge in [0.05, 0.1) is 23.3 Å². The van der Waals surface area contributed by atoms with Crippen molar-refractivity contribution in [2.24, 2.45) is 0 Å². The first kappa shape index (κ1) is 14.4. The molecular formula is C16H25N5. The number of benzene rings is 1. The number of para-hydroxylation sites is 1. The number of nitrogens with one attached hydrogen (secondary N) is 1. The van der Waals surface area contributed by atoms with E-state index in [1.807, 2.05) is 7.05 Å². The fraction of sp³-hybridized carbons (Fsp3) is 0.562. The van der Waals surface area contributed by atoms with Crippen molar-refractivity contribution in [3.05, 3.63) is 24.0 Å². The van der Waals surface area contributed by atoms with Crippen molar-refractivity contribution < 1.29 is 0 Å². The largest absolute Gasteiger partial charge is 0.367 e. The zero-order chi connectivity index (χ0) is 14.8. The van der Waals surface area contributed by atoms with Crippen LogP contribution in [0.4, 0.5) is 5.69 Å². The van der Waals surface area contributed by atoms with E-state index in [0.29, 0.717) is 0 Å². The van der Waals surface area contributed by atoms with Crippen LogP contribution >= 0.6 is 0 Å². The number of anilines is 1. The molecule has 3 rings (SSSR count). The zero-order valence-electron chi connectivity index (χ0n) is 13.3. The third-order valence-electron chi connectivity index (χ3n) is 4.32. The highest BCUT2D eigenvalue weighted by Crippen LogP contribution is 2.28. The SMILES string of the molecule is CCn1c(CNC)nc2cccc(N3CCN(C)CC3)c21. The first-order valence-electron chi connectivity index (χ1n) is 7.80. The molecule has 1 aliphatic rings. The fourth-order valence-electron chi connectivity index (χ4n) is 3.15. The highest BCUT2D eigenvalue weighted by Gasteiger charge is 2.19. The first-order chi connectivity index (χ1) is 10.2. The van der Waals surface area contributed by atoms with E-state index in [4.69, 9.17) is 4.98 Å². The smallest absolute Gasteiger partial charge is 0.123 e. The molecule has 114 valence electrons. The first-order valence-corrected chi connectivity index (χ1v) is 7.80. The van der Waals surface area contributed by atoms with Crippen molar-refractivity contribution in [3.63, 3.8) is 0 Å². The second kappa shape index (κ2) is 6.03. The lowest BCUT2D eigenvalue weighted by Gasteiger charge is -2.34. The summed E-state index contributed by atoms with van der Waals surface area (Å²) in [5, 5.41) is 3.22. The maximum absolute atomic E-state index is 4.81. The second-order valence-electron chi connectivity index (χ2n) is 5.74. The minimum absolute atomic E-state index is 0.810. The minimum Gasteiger partial charge on any atom is -0.367 e. The zero-order valence-corrected chi connectivity index (χ0v) is 13.3.